The monoisotopic (exact) mass is 489 g/mol. The largest absolute Gasteiger partial charge is 0.321 e. The molecule has 7 heteroatoms. The Morgan fingerprint density at radius 1 is 1.03 bits per heavy atom. The van der Waals surface area contributed by atoms with E-state index in [2.05, 4.69) is 71.1 Å². The molecule has 2 amide bonds. The number of nitrogens with zero attached hydrogens (tertiary/aromatic N) is 5. The molecule has 1 aromatic heterocycles. The second-order valence-electron chi connectivity index (χ2n) is 11.8. The highest BCUT2D eigenvalue weighted by Gasteiger charge is 2.56. The van der Waals surface area contributed by atoms with Gasteiger partial charge in [-0.2, -0.15) is 0 Å². The first kappa shape index (κ1) is 24.9. The third kappa shape index (κ3) is 4.54. The molecule has 192 valence electrons. The van der Waals surface area contributed by atoms with E-state index in [1.54, 1.807) is 12.3 Å². The van der Waals surface area contributed by atoms with Gasteiger partial charge >= 0.3 is 6.03 Å². The number of hydrogen-bond acceptors (Lipinski definition) is 5. The highest BCUT2D eigenvalue weighted by molar-refractivity contribution is 5.88. The summed E-state index contributed by atoms with van der Waals surface area (Å²) >= 11 is 0. The van der Waals surface area contributed by atoms with Gasteiger partial charge < -0.3 is 9.80 Å². The van der Waals surface area contributed by atoms with Crippen molar-refractivity contribution in [3.8, 4) is 0 Å². The van der Waals surface area contributed by atoms with Gasteiger partial charge in [0, 0.05) is 24.8 Å². The molecule has 1 aliphatic heterocycles. The highest BCUT2D eigenvalue weighted by atomic mass is 16.2. The Balaban J connectivity index is 1.37. The van der Waals surface area contributed by atoms with Gasteiger partial charge in [0.15, 0.2) is 5.78 Å². The van der Waals surface area contributed by atoms with Crippen LogP contribution in [-0.4, -0.2) is 75.8 Å². The molecule has 2 heterocycles. The summed E-state index contributed by atoms with van der Waals surface area (Å²) in [5.41, 5.74) is 2.01. The quantitative estimate of drug-likeness (QED) is 0.553. The van der Waals surface area contributed by atoms with Gasteiger partial charge in [0.2, 0.25) is 0 Å². The fourth-order valence-corrected chi connectivity index (χ4v) is 6.75. The third-order valence-electron chi connectivity index (χ3n) is 9.22. The van der Waals surface area contributed by atoms with Gasteiger partial charge in [0.1, 0.15) is 6.33 Å². The van der Waals surface area contributed by atoms with Crippen molar-refractivity contribution in [1.29, 1.82) is 0 Å². The number of benzene rings is 1. The van der Waals surface area contributed by atoms with Crippen LogP contribution in [0.1, 0.15) is 63.1 Å². The normalized spacial score (nSPS) is 27.5. The van der Waals surface area contributed by atoms with Gasteiger partial charge in [0.25, 0.3) is 0 Å². The topological polar surface area (TPSA) is 69.6 Å². The zero-order valence-electron chi connectivity index (χ0n) is 21.9. The summed E-state index contributed by atoms with van der Waals surface area (Å²) in [5, 5.41) is 0. The third-order valence-corrected chi connectivity index (χ3v) is 9.22. The van der Waals surface area contributed by atoms with Crippen LogP contribution < -0.4 is 0 Å². The SMILES string of the molecule is CN(C)C1(c2ccccc2)CCC2(CC1)CN(CC(=O)Cc1ccncn1)C(=O)N2CC1(C)CCC1. The number of amides is 2. The van der Waals surface area contributed by atoms with Crippen molar-refractivity contribution in [2.45, 2.75) is 69.4 Å². The van der Waals surface area contributed by atoms with Crippen LogP contribution in [0.4, 0.5) is 4.79 Å². The minimum absolute atomic E-state index is 0.0247. The van der Waals surface area contributed by atoms with Crippen molar-refractivity contribution in [1.82, 2.24) is 24.7 Å². The number of rotatable bonds is 8. The molecule has 0 bridgehead atoms. The molecule has 2 aliphatic carbocycles. The van der Waals surface area contributed by atoms with Gasteiger partial charge in [0.05, 0.1) is 24.2 Å². The average molecular weight is 490 g/mol. The summed E-state index contributed by atoms with van der Waals surface area (Å²) in [7, 11) is 4.35. The lowest BCUT2D eigenvalue weighted by Crippen LogP contribution is -2.57. The fourth-order valence-electron chi connectivity index (χ4n) is 6.75. The summed E-state index contributed by atoms with van der Waals surface area (Å²) in [6.45, 7) is 3.89. The Morgan fingerprint density at radius 3 is 2.33 bits per heavy atom. The Morgan fingerprint density at radius 2 is 1.75 bits per heavy atom. The molecule has 7 nitrogen and oxygen atoms in total. The van der Waals surface area contributed by atoms with E-state index in [0.29, 0.717) is 12.2 Å². The molecule has 0 radical (unpaired) electrons. The molecule has 2 aromatic rings. The van der Waals surface area contributed by atoms with E-state index in [1.807, 2.05) is 4.90 Å². The molecule has 3 fully saturated rings. The lowest BCUT2D eigenvalue weighted by molar-refractivity contribution is -0.119. The van der Waals surface area contributed by atoms with Crippen molar-refractivity contribution in [2.24, 2.45) is 5.41 Å². The predicted molar refractivity (Wildman–Crippen MR) is 139 cm³/mol. The van der Waals surface area contributed by atoms with Crippen LogP contribution in [0.2, 0.25) is 0 Å². The Labute approximate surface area is 214 Å². The van der Waals surface area contributed by atoms with Gasteiger partial charge in [-0.25, -0.2) is 14.8 Å². The van der Waals surface area contributed by atoms with Crippen LogP contribution in [0, 0.1) is 5.41 Å². The van der Waals surface area contributed by atoms with E-state index in [-0.39, 0.29) is 41.3 Å². The van der Waals surface area contributed by atoms with Gasteiger partial charge in [-0.05, 0) is 69.7 Å². The molecule has 3 aliphatic rings. The molecule has 0 N–H and O–H groups in total. The smallest absolute Gasteiger partial charge is 0.317 e. The highest BCUT2D eigenvalue weighted by Crippen LogP contribution is 2.51. The van der Waals surface area contributed by atoms with Crippen molar-refractivity contribution in [3.63, 3.8) is 0 Å². The predicted octanol–water partition coefficient (Wildman–Crippen LogP) is 4.29. The van der Waals surface area contributed by atoms with Crippen LogP contribution in [0.3, 0.4) is 0 Å². The fraction of sp³-hybridized carbons (Fsp3) is 0.586. The number of urea groups is 1. The number of aromatic nitrogens is 2. The summed E-state index contributed by atoms with van der Waals surface area (Å²) in [6.07, 6.45) is 10.8. The van der Waals surface area contributed by atoms with E-state index in [4.69, 9.17) is 0 Å². The minimum Gasteiger partial charge on any atom is -0.317 e. The van der Waals surface area contributed by atoms with Crippen molar-refractivity contribution in [2.75, 3.05) is 33.7 Å². The molecular weight excluding hydrogens is 450 g/mol. The molecule has 36 heavy (non-hydrogen) atoms. The molecule has 1 saturated heterocycles. The lowest BCUT2D eigenvalue weighted by Gasteiger charge is -2.53. The first-order valence-corrected chi connectivity index (χ1v) is 13.3. The van der Waals surface area contributed by atoms with E-state index < -0.39 is 0 Å². The molecule has 0 atom stereocenters. The van der Waals surface area contributed by atoms with Crippen LogP contribution in [0.5, 0.6) is 0 Å². The summed E-state index contributed by atoms with van der Waals surface area (Å²) in [6, 6.07) is 12.6. The Hall–Kier alpha value is -2.80. The summed E-state index contributed by atoms with van der Waals surface area (Å²) < 4.78 is 0. The first-order valence-electron chi connectivity index (χ1n) is 13.3. The van der Waals surface area contributed by atoms with Crippen LogP contribution in [0.15, 0.2) is 48.9 Å². The van der Waals surface area contributed by atoms with Gasteiger partial charge in [-0.1, -0.05) is 43.7 Å². The number of ketones is 1. The van der Waals surface area contributed by atoms with Crippen LogP contribution in [-0.2, 0) is 16.8 Å². The first-order chi connectivity index (χ1) is 17.3. The second kappa shape index (κ2) is 9.58. The van der Waals surface area contributed by atoms with Crippen LogP contribution in [0.25, 0.3) is 0 Å². The molecule has 0 unspecified atom stereocenters. The van der Waals surface area contributed by atoms with Crippen molar-refractivity contribution >= 4 is 11.8 Å². The molecule has 1 aromatic carbocycles. The number of carbonyl (C=O) groups is 2. The van der Waals surface area contributed by atoms with E-state index >= 15 is 0 Å². The number of carbonyl (C=O) groups excluding carboxylic acids is 2. The minimum atomic E-state index is -0.209. The molecular formula is C29H39N5O2. The maximum absolute atomic E-state index is 13.8. The van der Waals surface area contributed by atoms with Crippen LogP contribution >= 0.6 is 0 Å². The average Bonchev–Trinajstić information content (AvgIpc) is 3.09. The zero-order chi connectivity index (χ0) is 25.4. The van der Waals surface area contributed by atoms with E-state index in [1.165, 1.54) is 31.2 Å². The van der Waals surface area contributed by atoms with E-state index in [0.717, 1.165) is 32.2 Å². The standard InChI is InChI=1S/C29H39N5O2/c1-27(11-7-12-27)20-34-26(36)33(19-25(35)18-24-10-17-30-22-31-24)21-28(34)13-15-29(16-14-28,32(2)3)23-8-5-4-6-9-23/h4-6,8-10,17,22H,7,11-16,18-21H2,1-3H3. The molecule has 2 saturated carbocycles. The molecule has 1 spiro atoms. The van der Waals surface area contributed by atoms with Gasteiger partial charge in [-0.3, -0.25) is 9.69 Å². The summed E-state index contributed by atoms with van der Waals surface area (Å²) in [5.74, 6) is 0.0247. The Bertz CT molecular complexity index is 1080. The van der Waals surface area contributed by atoms with Gasteiger partial charge in [-0.15, -0.1) is 0 Å². The Kier molecular flexibility index (Phi) is 6.62. The zero-order valence-corrected chi connectivity index (χ0v) is 21.9. The maximum Gasteiger partial charge on any atom is 0.321 e. The number of hydrogen-bond donors (Lipinski definition) is 0. The summed E-state index contributed by atoms with van der Waals surface area (Å²) in [4.78, 5) is 41.2. The van der Waals surface area contributed by atoms with E-state index in [9.17, 15) is 9.59 Å². The lowest BCUT2D eigenvalue weighted by atomic mass is 9.66. The number of Topliss-reactive ketones (excluding diaryl/α,β-unsaturated/α-hetero) is 1. The molecule has 5 rings (SSSR count). The van der Waals surface area contributed by atoms with Crippen molar-refractivity contribution < 1.29 is 9.59 Å². The van der Waals surface area contributed by atoms with Crippen molar-refractivity contribution in [3.05, 3.63) is 60.2 Å². The second-order valence-corrected chi connectivity index (χ2v) is 11.8. The maximum atomic E-state index is 13.8.